The second-order valence-electron chi connectivity index (χ2n) is 8.23. The molecule has 0 saturated carbocycles. The molecule has 4 aromatic rings. The first-order valence-electron chi connectivity index (χ1n) is 10.8. The highest BCUT2D eigenvalue weighted by molar-refractivity contribution is 5.87. The second-order valence-corrected chi connectivity index (χ2v) is 8.23. The van der Waals surface area contributed by atoms with Crippen LogP contribution in [0.2, 0.25) is 0 Å². The Bertz CT molecular complexity index is 1290. The highest BCUT2D eigenvalue weighted by Gasteiger charge is 2.31. The number of rotatable bonds is 8. The highest BCUT2D eigenvalue weighted by Crippen LogP contribution is 2.31. The van der Waals surface area contributed by atoms with Gasteiger partial charge in [0.1, 0.15) is 5.69 Å². The standard InChI is InChI=1S/C25H26N6O3/c1-25(2,24(32)28-11-12-33-3)21-13-17(9-10-27-21)19-15-29-23(26)22(30-19)20-14-18(31-34-20)16-7-5-4-6-8-16/h4-10,13-15H,11-12H2,1-3H3,(H2,26,29)(H,28,32). The Hall–Kier alpha value is -4.11. The Morgan fingerprint density at radius 1 is 1.09 bits per heavy atom. The van der Waals surface area contributed by atoms with Gasteiger partial charge in [0.2, 0.25) is 5.91 Å². The van der Waals surface area contributed by atoms with Gasteiger partial charge in [-0.15, -0.1) is 0 Å². The van der Waals surface area contributed by atoms with E-state index in [2.05, 4.69) is 25.4 Å². The van der Waals surface area contributed by atoms with Crippen LogP contribution in [-0.4, -0.2) is 46.3 Å². The number of amides is 1. The minimum atomic E-state index is -0.858. The third kappa shape index (κ3) is 4.79. The largest absolute Gasteiger partial charge is 0.383 e. The van der Waals surface area contributed by atoms with Crippen molar-refractivity contribution >= 4 is 11.7 Å². The Labute approximate surface area is 197 Å². The molecule has 3 aromatic heterocycles. The molecule has 0 bridgehead atoms. The molecule has 3 heterocycles. The molecular formula is C25H26N6O3. The van der Waals surface area contributed by atoms with Crippen molar-refractivity contribution in [1.82, 2.24) is 25.4 Å². The summed E-state index contributed by atoms with van der Waals surface area (Å²) in [6.45, 7) is 4.50. The fourth-order valence-electron chi connectivity index (χ4n) is 3.39. The number of pyridine rings is 1. The summed E-state index contributed by atoms with van der Waals surface area (Å²) in [6, 6.07) is 15.1. The van der Waals surface area contributed by atoms with E-state index in [9.17, 15) is 4.79 Å². The predicted molar refractivity (Wildman–Crippen MR) is 129 cm³/mol. The van der Waals surface area contributed by atoms with Gasteiger partial charge in [-0.1, -0.05) is 35.5 Å². The molecule has 1 amide bonds. The van der Waals surface area contributed by atoms with Crippen LogP contribution in [0.25, 0.3) is 34.0 Å². The van der Waals surface area contributed by atoms with Crippen LogP contribution >= 0.6 is 0 Å². The fourth-order valence-corrected chi connectivity index (χ4v) is 3.39. The number of ether oxygens (including phenoxy) is 1. The van der Waals surface area contributed by atoms with E-state index in [4.69, 9.17) is 15.0 Å². The van der Waals surface area contributed by atoms with Gasteiger partial charge in [-0.25, -0.2) is 9.97 Å². The SMILES string of the molecule is COCCNC(=O)C(C)(C)c1cc(-c2cnc(N)c(-c3cc(-c4ccccc4)no3)n2)ccn1. The van der Waals surface area contributed by atoms with E-state index < -0.39 is 5.41 Å². The number of carbonyl (C=O) groups is 1. The van der Waals surface area contributed by atoms with E-state index in [1.54, 1.807) is 25.6 Å². The summed E-state index contributed by atoms with van der Waals surface area (Å²) in [5.41, 5.74) is 9.16. The maximum Gasteiger partial charge on any atom is 0.231 e. The van der Waals surface area contributed by atoms with E-state index in [1.807, 2.05) is 56.3 Å². The Kier molecular flexibility index (Phi) is 6.65. The molecule has 0 atom stereocenters. The van der Waals surface area contributed by atoms with Crippen molar-refractivity contribution in [2.75, 3.05) is 26.0 Å². The second kappa shape index (κ2) is 9.80. The third-order valence-electron chi connectivity index (χ3n) is 5.47. The first-order chi connectivity index (χ1) is 16.4. The summed E-state index contributed by atoms with van der Waals surface area (Å²) in [5.74, 6) is 0.498. The first kappa shape index (κ1) is 23.1. The lowest BCUT2D eigenvalue weighted by Gasteiger charge is -2.23. The molecular weight excluding hydrogens is 432 g/mol. The van der Waals surface area contributed by atoms with Crippen molar-refractivity contribution in [1.29, 1.82) is 0 Å². The smallest absolute Gasteiger partial charge is 0.231 e. The molecule has 0 aliphatic heterocycles. The zero-order valence-electron chi connectivity index (χ0n) is 19.3. The number of nitrogen functional groups attached to an aromatic ring is 1. The van der Waals surface area contributed by atoms with Gasteiger partial charge in [-0.3, -0.25) is 9.78 Å². The Morgan fingerprint density at radius 2 is 1.88 bits per heavy atom. The lowest BCUT2D eigenvalue weighted by molar-refractivity contribution is -0.125. The number of benzene rings is 1. The van der Waals surface area contributed by atoms with Crippen LogP contribution < -0.4 is 11.1 Å². The third-order valence-corrected chi connectivity index (χ3v) is 5.47. The number of anilines is 1. The van der Waals surface area contributed by atoms with Crippen molar-refractivity contribution in [3.63, 3.8) is 0 Å². The van der Waals surface area contributed by atoms with Gasteiger partial charge in [-0.2, -0.15) is 0 Å². The maximum atomic E-state index is 12.7. The highest BCUT2D eigenvalue weighted by atomic mass is 16.5. The lowest BCUT2D eigenvalue weighted by atomic mass is 9.86. The zero-order chi connectivity index (χ0) is 24.1. The number of nitrogens with zero attached hydrogens (tertiary/aromatic N) is 4. The number of hydrogen-bond acceptors (Lipinski definition) is 8. The molecule has 174 valence electrons. The van der Waals surface area contributed by atoms with Crippen LogP contribution in [0.1, 0.15) is 19.5 Å². The molecule has 0 aliphatic carbocycles. The molecule has 34 heavy (non-hydrogen) atoms. The summed E-state index contributed by atoms with van der Waals surface area (Å²) in [6.07, 6.45) is 3.23. The van der Waals surface area contributed by atoms with Crippen LogP contribution in [0.4, 0.5) is 5.82 Å². The number of carbonyl (C=O) groups excluding carboxylic acids is 1. The van der Waals surface area contributed by atoms with Gasteiger partial charge in [0.25, 0.3) is 0 Å². The number of nitrogens with two attached hydrogens (primary N) is 1. The minimum Gasteiger partial charge on any atom is -0.383 e. The van der Waals surface area contributed by atoms with Gasteiger partial charge in [0.15, 0.2) is 17.3 Å². The zero-order valence-corrected chi connectivity index (χ0v) is 19.3. The first-order valence-corrected chi connectivity index (χ1v) is 10.8. The van der Waals surface area contributed by atoms with Crippen LogP contribution in [0.15, 0.2) is 65.4 Å². The summed E-state index contributed by atoms with van der Waals surface area (Å²) >= 11 is 0. The monoisotopic (exact) mass is 458 g/mol. The van der Waals surface area contributed by atoms with Crippen LogP contribution in [-0.2, 0) is 14.9 Å². The molecule has 0 fully saturated rings. The molecule has 0 unspecified atom stereocenters. The van der Waals surface area contributed by atoms with E-state index in [0.29, 0.717) is 41.7 Å². The topological polar surface area (TPSA) is 129 Å². The number of nitrogens with one attached hydrogen (secondary N) is 1. The summed E-state index contributed by atoms with van der Waals surface area (Å²) in [4.78, 5) is 26.1. The van der Waals surface area contributed by atoms with E-state index in [-0.39, 0.29) is 11.7 Å². The van der Waals surface area contributed by atoms with Gasteiger partial charge in [0.05, 0.1) is 29.6 Å². The average Bonchev–Trinajstić information content (AvgIpc) is 3.35. The molecule has 1 aromatic carbocycles. The van der Waals surface area contributed by atoms with Crippen molar-refractivity contribution < 1.29 is 14.1 Å². The van der Waals surface area contributed by atoms with Crippen molar-refractivity contribution in [3.05, 3.63) is 66.6 Å². The summed E-state index contributed by atoms with van der Waals surface area (Å²) < 4.78 is 10.5. The van der Waals surface area contributed by atoms with Crippen LogP contribution in [0, 0.1) is 0 Å². The number of aromatic nitrogens is 4. The van der Waals surface area contributed by atoms with Crippen LogP contribution in [0.3, 0.4) is 0 Å². The van der Waals surface area contributed by atoms with Gasteiger partial charge in [0, 0.05) is 37.0 Å². The number of hydrogen-bond donors (Lipinski definition) is 2. The number of methoxy groups -OCH3 is 1. The van der Waals surface area contributed by atoms with E-state index in [0.717, 1.165) is 11.1 Å². The van der Waals surface area contributed by atoms with Crippen LogP contribution in [0.5, 0.6) is 0 Å². The molecule has 9 heteroatoms. The maximum absolute atomic E-state index is 12.7. The van der Waals surface area contributed by atoms with Gasteiger partial charge >= 0.3 is 0 Å². The van der Waals surface area contributed by atoms with Gasteiger partial charge in [-0.05, 0) is 26.0 Å². The quantitative estimate of drug-likeness (QED) is 0.384. The normalized spacial score (nSPS) is 11.4. The molecule has 4 rings (SSSR count). The van der Waals surface area contributed by atoms with E-state index >= 15 is 0 Å². The molecule has 0 radical (unpaired) electrons. The van der Waals surface area contributed by atoms with Gasteiger partial charge < -0.3 is 20.3 Å². The van der Waals surface area contributed by atoms with Crippen molar-refractivity contribution in [3.8, 4) is 34.0 Å². The van der Waals surface area contributed by atoms with E-state index in [1.165, 1.54) is 0 Å². The predicted octanol–water partition coefficient (Wildman–Crippen LogP) is 3.48. The van der Waals surface area contributed by atoms with Crippen molar-refractivity contribution in [2.24, 2.45) is 0 Å². The Morgan fingerprint density at radius 3 is 2.65 bits per heavy atom. The summed E-state index contributed by atoms with van der Waals surface area (Å²) in [7, 11) is 1.59. The molecule has 9 nitrogen and oxygen atoms in total. The molecule has 0 saturated heterocycles. The fraction of sp³-hybridized carbons (Fsp3) is 0.240. The average molecular weight is 459 g/mol. The van der Waals surface area contributed by atoms with Crippen molar-refractivity contribution in [2.45, 2.75) is 19.3 Å². The Balaban J connectivity index is 1.64. The lowest BCUT2D eigenvalue weighted by Crippen LogP contribution is -2.41. The minimum absolute atomic E-state index is 0.145. The molecule has 0 aliphatic rings. The summed E-state index contributed by atoms with van der Waals surface area (Å²) in [5, 5.41) is 7.01. The molecule has 3 N–H and O–H groups in total. The molecule has 0 spiro atoms.